The number of rotatable bonds is 3. The molecule has 2 heteroatoms. The van der Waals surface area contributed by atoms with Gasteiger partial charge >= 0.3 is 0 Å². The van der Waals surface area contributed by atoms with Gasteiger partial charge in [-0.25, -0.2) is 0 Å². The Morgan fingerprint density at radius 3 is 2.27 bits per heavy atom. The van der Waals surface area contributed by atoms with Crippen LogP contribution in [0.1, 0.15) is 20.8 Å². The van der Waals surface area contributed by atoms with Crippen molar-refractivity contribution >= 4 is 5.91 Å². The Bertz CT molecular complexity index is 161. The predicted molar refractivity (Wildman–Crippen MR) is 47.3 cm³/mol. The number of amides is 1. The lowest BCUT2D eigenvalue weighted by molar-refractivity contribution is -0.126. The van der Waals surface area contributed by atoms with Gasteiger partial charge in [0.05, 0.1) is 0 Å². The average molecular weight is 155 g/mol. The minimum absolute atomic E-state index is 0.0405. The molecule has 0 rings (SSSR count). The highest BCUT2D eigenvalue weighted by Gasteiger charge is 2.09. The zero-order valence-electron chi connectivity index (χ0n) is 7.85. The Labute approximate surface area is 68.9 Å². The standard InChI is InChI=1S/C9H17NO/c1-7(2)6-10(5)9(11)8(3)4/h7H,3,6H2,1-2,4-5H3. The highest BCUT2D eigenvalue weighted by molar-refractivity contribution is 5.91. The van der Waals surface area contributed by atoms with Gasteiger partial charge in [0.1, 0.15) is 0 Å². The summed E-state index contributed by atoms with van der Waals surface area (Å²) in [5.74, 6) is 0.557. The molecule has 0 saturated carbocycles. The van der Waals surface area contributed by atoms with Crippen LogP contribution in [0.2, 0.25) is 0 Å². The largest absolute Gasteiger partial charge is 0.342 e. The molecule has 0 saturated heterocycles. The fraction of sp³-hybridized carbons (Fsp3) is 0.667. The summed E-state index contributed by atoms with van der Waals surface area (Å²) in [6, 6.07) is 0. The first-order chi connectivity index (χ1) is 4.95. The van der Waals surface area contributed by atoms with Crippen LogP contribution in [0.25, 0.3) is 0 Å². The molecule has 0 aromatic rings. The Morgan fingerprint density at radius 2 is 2.00 bits per heavy atom. The third-order valence-corrected chi connectivity index (χ3v) is 1.35. The molecule has 0 N–H and O–H groups in total. The molecule has 2 nitrogen and oxygen atoms in total. The second-order valence-corrected chi connectivity index (χ2v) is 3.36. The van der Waals surface area contributed by atoms with Crippen molar-refractivity contribution in [3.8, 4) is 0 Å². The van der Waals surface area contributed by atoms with E-state index in [1.54, 1.807) is 18.9 Å². The molecule has 0 atom stereocenters. The molecule has 0 unspecified atom stereocenters. The second-order valence-electron chi connectivity index (χ2n) is 3.36. The monoisotopic (exact) mass is 155 g/mol. The fourth-order valence-corrected chi connectivity index (χ4v) is 0.956. The SMILES string of the molecule is C=C(C)C(=O)N(C)CC(C)C. The summed E-state index contributed by atoms with van der Waals surface area (Å²) in [6.07, 6.45) is 0. The third kappa shape index (κ3) is 3.81. The van der Waals surface area contributed by atoms with E-state index in [0.717, 1.165) is 6.54 Å². The van der Waals surface area contributed by atoms with Gasteiger partial charge in [-0.15, -0.1) is 0 Å². The van der Waals surface area contributed by atoms with Gasteiger partial charge in [-0.1, -0.05) is 20.4 Å². The molecular formula is C9H17NO. The van der Waals surface area contributed by atoms with Crippen LogP contribution in [0.5, 0.6) is 0 Å². The van der Waals surface area contributed by atoms with Crippen LogP contribution in [0.15, 0.2) is 12.2 Å². The molecular weight excluding hydrogens is 138 g/mol. The van der Waals surface area contributed by atoms with Crippen molar-refractivity contribution in [3.05, 3.63) is 12.2 Å². The van der Waals surface area contributed by atoms with E-state index in [1.165, 1.54) is 0 Å². The van der Waals surface area contributed by atoms with E-state index in [2.05, 4.69) is 20.4 Å². The Kier molecular flexibility index (Phi) is 3.86. The summed E-state index contributed by atoms with van der Waals surface area (Å²) in [4.78, 5) is 12.9. The van der Waals surface area contributed by atoms with Crippen LogP contribution in [0.4, 0.5) is 0 Å². The lowest BCUT2D eigenvalue weighted by atomic mass is 10.2. The van der Waals surface area contributed by atoms with Crippen molar-refractivity contribution in [1.82, 2.24) is 4.90 Å². The minimum atomic E-state index is 0.0405. The maximum Gasteiger partial charge on any atom is 0.248 e. The summed E-state index contributed by atoms with van der Waals surface area (Å²) in [5.41, 5.74) is 0.605. The van der Waals surface area contributed by atoms with Crippen LogP contribution in [0.3, 0.4) is 0 Å². The van der Waals surface area contributed by atoms with Crippen molar-refractivity contribution in [2.24, 2.45) is 5.92 Å². The number of carbonyl (C=O) groups is 1. The second kappa shape index (κ2) is 4.16. The molecule has 64 valence electrons. The summed E-state index contributed by atoms with van der Waals surface area (Å²) >= 11 is 0. The molecule has 1 amide bonds. The number of nitrogens with zero attached hydrogens (tertiary/aromatic N) is 1. The van der Waals surface area contributed by atoms with Gasteiger partial charge in [0, 0.05) is 19.2 Å². The molecule has 0 aliphatic heterocycles. The molecule has 0 radical (unpaired) electrons. The van der Waals surface area contributed by atoms with Crippen LogP contribution in [-0.4, -0.2) is 24.4 Å². The van der Waals surface area contributed by atoms with Crippen molar-refractivity contribution in [2.75, 3.05) is 13.6 Å². The minimum Gasteiger partial charge on any atom is -0.342 e. The molecule has 0 heterocycles. The Hall–Kier alpha value is -0.790. The van der Waals surface area contributed by atoms with Crippen molar-refractivity contribution < 1.29 is 4.79 Å². The van der Waals surface area contributed by atoms with Crippen LogP contribution in [0, 0.1) is 5.92 Å². The lowest BCUT2D eigenvalue weighted by Crippen LogP contribution is -2.30. The van der Waals surface area contributed by atoms with E-state index in [-0.39, 0.29) is 5.91 Å². The van der Waals surface area contributed by atoms with E-state index in [9.17, 15) is 4.79 Å². The first-order valence-corrected chi connectivity index (χ1v) is 3.86. The van der Waals surface area contributed by atoms with Gasteiger partial charge in [-0.2, -0.15) is 0 Å². The highest BCUT2D eigenvalue weighted by Crippen LogP contribution is 2.00. The molecule has 0 bridgehead atoms. The van der Waals surface area contributed by atoms with Crippen molar-refractivity contribution in [1.29, 1.82) is 0 Å². The number of likely N-dealkylation sites (N-methyl/N-ethyl adjacent to an activating group) is 1. The smallest absolute Gasteiger partial charge is 0.248 e. The maximum absolute atomic E-state index is 11.2. The van der Waals surface area contributed by atoms with Gasteiger partial charge in [0.25, 0.3) is 0 Å². The van der Waals surface area contributed by atoms with Gasteiger partial charge < -0.3 is 4.90 Å². The van der Waals surface area contributed by atoms with Gasteiger partial charge in [0.15, 0.2) is 0 Å². The van der Waals surface area contributed by atoms with E-state index in [0.29, 0.717) is 11.5 Å². The van der Waals surface area contributed by atoms with Crippen LogP contribution in [-0.2, 0) is 4.79 Å². The zero-order chi connectivity index (χ0) is 9.02. The van der Waals surface area contributed by atoms with Gasteiger partial charge in [-0.3, -0.25) is 4.79 Å². The van der Waals surface area contributed by atoms with E-state index < -0.39 is 0 Å². The lowest BCUT2D eigenvalue weighted by Gasteiger charge is -2.18. The summed E-state index contributed by atoms with van der Waals surface area (Å²) in [7, 11) is 1.80. The maximum atomic E-state index is 11.2. The van der Waals surface area contributed by atoms with Crippen LogP contribution < -0.4 is 0 Å². The van der Waals surface area contributed by atoms with Crippen LogP contribution >= 0.6 is 0 Å². The molecule has 0 spiro atoms. The van der Waals surface area contributed by atoms with Crippen molar-refractivity contribution in [3.63, 3.8) is 0 Å². The Morgan fingerprint density at radius 1 is 1.55 bits per heavy atom. The first kappa shape index (κ1) is 10.2. The molecule has 0 aliphatic carbocycles. The summed E-state index contributed by atoms with van der Waals surface area (Å²) in [6.45, 7) is 10.3. The first-order valence-electron chi connectivity index (χ1n) is 3.86. The molecule has 0 aromatic heterocycles. The number of hydrogen-bond donors (Lipinski definition) is 0. The molecule has 11 heavy (non-hydrogen) atoms. The number of carbonyl (C=O) groups excluding carboxylic acids is 1. The van der Waals surface area contributed by atoms with Gasteiger partial charge in [-0.05, 0) is 12.8 Å². The topological polar surface area (TPSA) is 20.3 Å². The quantitative estimate of drug-likeness (QED) is 0.568. The number of hydrogen-bond acceptors (Lipinski definition) is 1. The van der Waals surface area contributed by atoms with E-state index in [1.807, 2.05) is 0 Å². The zero-order valence-corrected chi connectivity index (χ0v) is 7.85. The summed E-state index contributed by atoms with van der Waals surface area (Å²) in [5, 5.41) is 0. The normalized spacial score (nSPS) is 9.91. The van der Waals surface area contributed by atoms with Crippen molar-refractivity contribution in [2.45, 2.75) is 20.8 Å². The third-order valence-electron chi connectivity index (χ3n) is 1.35. The molecule has 0 aromatic carbocycles. The van der Waals surface area contributed by atoms with E-state index >= 15 is 0 Å². The van der Waals surface area contributed by atoms with E-state index in [4.69, 9.17) is 0 Å². The average Bonchev–Trinajstić information content (AvgIpc) is 1.84. The van der Waals surface area contributed by atoms with Gasteiger partial charge in [0.2, 0.25) is 5.91 Å². The molecule has 0 fully saturated rings. The Balaban J connectivity index is 3.93. The summed E-state index contributed by atoms with van der Waals surface area (Å²) < 4.78 is 0. The fourth-order valence-electron chi connectivity index (χ4n) is 0.956. The molecule has 0 aliphatic rings. The predicted octanol–water partition coefficient (Wildman–Crippen LogP) is 1.68. The highest BCUT2D eigenvalue weighted by atomic mass is 16.2.